The lowest BCUT2D eigenvalue weighted by Gasteiger charge is -2.16. The molecule has 2 rings (SSSR count). The second-order valence-corrected chi connectivity index (χ2v) is 6.02. The zero-order valence-corrected chi connectivity index (χ0v) is 14.9. The van der Waals surface area contributed by atoms with Crippen LogP contribution in [0.2, 0.25) is 0 Å². The minimum atomic E-state index is -5.06. The Labute approximate surface area is 164 Å². The van der Waals surface area contributed by atoms with E-state index in [-0.39, 0.29) is 18.1 Å². The third-order valence-electron chi connectivity index (χ3n) is 3.93. The van der Waals surface area contributed by atoms with Gasteiger partial charge in [-0.2, -0.15) is 31.4 Å². The second-order valence-electron chi connectivity index (χ2n) is 6.02. The van der Waals surface area contributed by atoms with E-state index in [9.17, 15) is 35.5 Å². The molecule has 0 spiro atoms. The molecule has 30 heavy (non-hydrogen) atoms. The summed E-state index contributed by atoms with van der Waals surface area (Å²) in [6.45, 7) is 0. The monoisotopic (exact) mass is 437 g/mol. The SMILES string of the molecule is NC(=O)/C(=C/N/N=C(\N)c1cc(C(F)(F)F)cc(C(F)(F)F)c1)C1CC=NC=C1F. The molecule has 0 fully saturated rings. The Bertz CT molecular complexity index is 913. The average molecular weight is 437 g/mol. The van der Waals surface area contributed by atoms with Crippen molar-refractivity contribution < 1.29 is 35.5 Å². The van der Waals surface area contributed by atoms with Gasteiger partial charge in [-0.15, -0.1) is 0 Å². The van der Waals surface area contributed by atoms with Crippen LogP contribution in [0, 0.1) is 5.92 Å². The lowest BCUT2D eigenvalue weighted by atomic mass is 9.94. The number of alkyl halides is 6. The first-order valence-electron chi connectivity index (χ1n) is 8.06. The maximum atomic E-state index is 13.8. The number of rotatable bonds is 5. The molecule has 13 heteroatoms. The molecule has 6 nitrogen and oxygen atoms in total. The molecular formula is C17H14F7N5O. The second kappa shape index (κ2) is 8.55. The maximum Gasteiger partial charge on any atom is 0.416 e. The van der Waals surface area contributed by atoms with Crippen LogP contribution in [0.5, 0.6) is 0 Å². The molecule has 1 aliphatic heterocycles. The number of amidine groups is 1. The quantitative estimate of drug-likeness (QED) is 0.217. The van der Waals surface area contributed by atoms with Crippen LogP contribution in [0.4, 0.5) is 30.7 Å². The van der Waals surface area contributed by atoms with Gasteiger partial charge in [0.15, 0.2) is 5.84 Å². The summed E-state index contributed by atoms with van der Waals surface area (Å²) < 4.78 is 91.3. The van der Waals surface area contributed by atoms with Gasteiger partial charge in [-0.1, -0.05) is 0 Å². The van der Waals surface area contributed by atoms with E-state index >= 15 is 0 Å². The van der Waals surface area contributed by atoms with Gasteiger partial charge in [-0.3, -0.25) is 15.2 Å². The molecule has 1 amide bonds. The molecule has 162 valence electrons. The van der Waals surface area contributed by atoms with E-state index in [2.05, 4.69) is 15.5 Å². The standard InChI is InChI=1S/C17H14F7N5O/c18-13-7-27-2-1-11(13)12(15(26)30)6-28-29-14(25)8-3-9(16(19,20)21)5-10(4-8)17(22,23)24/h2-7,11,28H,1H2,(H2,25,29)(H2,26,30)/b12-6+. The Balaban J connectivity index is 2.36. The molecule has 1 aliphatic rings. The van der Waals surface area contributed by atoms with Crippen LogP contribution >= 0.6 is 0 Å². The van der Waals surface area contributed by atoms with Crippen LogP contribution in [-0.2, 0) is 17.1 Å². The molecule has 1 unspecified atom stereocenters. The van der Waals surface area contributed by atoms with E-state index in [1.165, 1.54) is 6.21 Å². The number of carbonyl (C=O) groups is 1. The molecular weight excluding hydrogens is 423 g/mol. The fourth-order valence-electron chi connectivity index (χ4n) is 2.45. The van der Waals surface area contributed by atoms with Crippen molar-refractivity contribution in [1.82, 2.24) is 5.43 Å². The smallest absolute Gasteiger partial charge is 0.382 e. The zero-order valence-electron chi connectivity index (χ0n) is 14.9. The van der Waals surface area contributed by atoms with Crippen molar-refractivity contribution in [3.63, 3.8) is 0 Å². The highest BCUT2D eigenvalue weighted by molar-refractivity contribution is 5.98. The molecule has 0 saturated heterocycles. The summed E-state index contributed by atoms with van der Waals surface area (Å²) in [5.74, 6) is -3.62. The lowest BCUT2D eigenvalue weighted by molar-refractivity contribution is -0.143. The molecule has 0 bridgehead atoms. The molecule has 5 N–H and O–H groups in total. The number of benzene rings is 1. The largest absolute Gasteiger partial charge is 0.416 e. The van der Waals surface area contributed by atoms with E-state index in [1.54, 1.807) is 0 Å². The topological polar surface area (TPSA) is 106 Å². The van der Waals surface area contributed by atoms with Gasteiger partial charge >= 0.3 is 12.4 Å². The van der Waals surface area contributed by atoms with E-state index in [0.29, 0.717) is 12.1 Å². The number of hydrogen-bond donors (Lipinski definition) is 3. The summed E-state index contributed by atoms with van der Waals surface area (Å²) in [5.41, 5.74) is 8.65. The van der Waals surface area contributed by atoms with Crippen LogP contribution in [0.1, 0.15) is 23.1 Å². The summed E-state index contributed by atoms with van der Waals surface area (Å²) in [6.07, 6.45) is -7.08. The Kier molecular flexibility index (Phi) is 6.53. The maximum absolute atomic E-state index is 13.8. The van der Waals surface area contributed by atoms with Gasteiger partial charge in [0.05, 0.1) is 17.3 Å². The van der Waals surface area contributed by atoms with Crippen molar-refractivity contribution in [2.24, 2.45) is 27.5 Å². The highest BCUT2D eigenvalue weighted by atomic mass is 19.4. The number of nitrogens with zero attached hydrogens (tertiary/aromatic N) is 2. The van der Waals surface area contributed by atoms with Gasteiger partial charge < -0.3 is 11.5 Å². The van der Waals surface area contributed by atoms with Gasteiger partial charge in [0.1, 0.15) is 5.83 Å². The van der Waals surface area contributed by atoms with Crippen molar-refractivity contribution in [2.75, 3.05) is 0 Å². The fraction of sp³-hybridized carbons (Fsp3) is 0.235. The number of nitrogens with one attached hydrogen (secondary N) is 1. The van der Waals surface area contributed by atoms with Crippen LogP contribution in [-0.4, -0.2) is 18.0 Å². The van der Waals surface area contributed by atoms with Gasteiger partial charge in [0, 0.05) is 29.5 Å². The number of carbonyl (C=O) groups excluding carboxylic acids is 1. The number of nitrogens with two attached hydrogens (primary N) is 2. The zero-order chi connectivity index (χ0) is 22.7. The van der Waals surface area contributed by atoms with Crippen molar-refractivity contribution in [1.29, 1.82) is 0 Å². The number of aliphatic imine (C=N–C) groups is 1. The van der Waals surface area contributed by atoms with Crippen LogP contribution in [0.25, 0.3) is 0 Å². The highest BCUT2D eigenvalue weighted by Gasteiger charge is 2.37. The third-order valence-corrected chi connectivity index (χ3v) is 3.93. The van der Waals surface area contributed by atoms with E-state index in [4.69, 9.17) is 11.5 Å². The van der Waals surface area contributed by atoms with Crippen LogP contribution in [0.15, 0.2) is 52.1 Å². The van der Waals surface area contributed by atoms with Crippen LogP contribution in [0.3, 0.4) is 0 Å². The third kappa shape index (κ3) is 5.58. The Morgan fingerprint density at radius 3 is 2.13 bits per heavy atom. The Hall–Kier alpha value is -3.38. The normalized spacial score (nSPS) is 18.2. The Morgan fingerprint density at radius 2 is 1.67 bits per heavy atom. The predicted molar refractivity (Wildman–Crippen MR) is 93.4 cm³/mol. The lowest BCUT2D eigenvalue weighted by Crippen LogP contribution is -2.25. The van der Waals surface area contributed by atoms with E-state index < -0.39 is 52.5 Å². The number of amides is 1. The molecule has 0 aliphatic carbocycles. The van der Waals surface area contributed by atoms with Gasteiger partial charge in [-0.05, 0) is 24.6 Å². The molecule has 0 saturated carbocycles. The number of allylic oxidation sites excluding steroid dienone is 1. The van der Waals surface area contributed by atoms with E-state index in [1.807, 2.05) is 0 Å². The first kappa shape index (κ1) is 22.9. The van der Waals surface area contributed by atoms with Gasteiger partial charge in [0.2, 0.25) is 5.91 Å². The molecule has 0 radical (unpaired) electrons. The first-order chi connectivity index (χ1) is 13.8. The molecule has 1 heterocycles. The highest BCUT2D eigenvalue weighted by Crippen LogP contribution is 2.36. The summed E-state index contributed by atoms with van der Waals surface area (Å²) >= 11 is 0. The van der Waals surface area contributed by atoms with Gasteiger partial charge in [-0.25, -0.2) is 4.39 Å². The summed E-state index contributed by atoms with van der Waals surface area (Å²) in [5, 5.41) is 3.43. The van der Waals surface area contributed by atoms with Crippen molar-refractivity contribution in [3.05, 3.63) is 58.7 Å². The number of primary amides is 1. The Morgan fingerprint density at radius 1 is 1.10 bits per heavy atom. The summed E-state index contributed by atoms with van der Waals surface area (Å²) in [7, 11) is 0. The summed E-state index contributed by atoms with van der Waals surface area (Å²) in [6, 6.07) is 0.706. The number of hydrazone groups is 1. The minimum Gasteiger partial charge on any atom is -0.382 e. The van der Waals surface area contributed by atoms with Crippen LogP contribution < -0.4 is 16.9 Å². The molecule has 1 aromatic rings. The van der Waals surface area contributed by atoms with Crippen molar-refractivity contribution in [3.8, 4) is 0 Å². The molecule has 1 aromatic carbocycles. The average Bonchev–Trinajstić information content (AvgIpc) is 2.64. The first-order valence-corrected chi connectivity index (χ1v) is 8.06. The van der Waals surface area contributed by atoms with Gasteiger partial charge in [0.25, 0.3) is 0 Å². The van der Waals surface area contributed by atoms with Crippen molar-refractivity contribution in [2.45, 2.75) is 18.8 Å². The number of halogens is 7. The van der Waals surface area contributed by atoms with E-state index in [0.717, 1.165) is 12.4 Å². The predicted octanol–water partition coefficient (Wildman–Crippen LogP) is 3.20. The molecule has 1 atom stereocenters. The summed E-state index contributed by atoms with van der Waals surface area (Å²) in [4.78, 5) is 15.1. The minimum absolute atomic E-state index is 0.000549. The van der Waals surface area contributed by atoms with Crippen molar-refractivity contribution >= 4 is 18.0 Å². The fourth-order valence-corrected chi connectivity index (χ4v) is 2.45. The molecule has 0 aromatic heterocycles. The number of hydrogen-bond acceptors (Lipinski definition) is 4.